The summed E-state index contributed by atoms with van der Waals surface area (Å²) < 4.78 is 0. The van der Waals surface area contributed by atoms with E-state index in [4.69, 9.17) is 0 Å². The van der Waals surface area contributed by atoms with Gasteiger partial charge in [-0.25, -0.2) is 0 Å². The molecule has 0 radical (unpaired) electrons. The molecule has 10 unspecified atom stereocenters. The zero-order valence-corrected chi connectivity index (χ0v) is 20.5. The smallest absolute Gasteiger partial charge is 0.0541 e. The topological polar surface area (TPSA) is 0 Å². The summed E-state index contributed by atoms with van der Waals surface area (Å²) in [5.74, 6) is 8.90. The van der Waals surface area contributed by atoms with Crippen molar-refractivity contribution >= 4 is 8.07 Å². The minimum atomic E-state index is -1.20. The molecule has 28 heavy (non-hydrogen) atoms. The van der Waals surface area contributed by atoms with E-state index in [9.17, 15) is 0 Å². The lowest BCUT2D eigenvalue weighted by Gasteiger charge is -2.46. The molecule has 1 heteroatoms. The van der Waals surface area contributed by atoms with Gasteiger partial charge >= 0.3 is 0 Å². The van der Waals surface area contributed by atoms with Gasteiger partial charge in [-0.05, 0) is 84.1 Å². The largest absolute Gasteiger partial charge is 0.0689 e. The van der Waals surface area contributed by atoms with Gasteiger partial charge in [-0.15, -0.1) is 0 Å². The fourth-order valence-electron chi connectivity index (χ4n) is 10.1. The highest BCUT2D eigenvalue weighted by Crippen LogP contribution is 2.65. The van der Waals surface area contributed by atoms with E-state index in [2.05, 4.69) is 26.9 Å². The van der Waals surface area contributed by atoms with Crippen LogP contribution in [0.25, 0.3) is 0 Å². The van der Waals surface area contributed by atoms with Gasteiger partial charge in [-0.2, -0.15) is 0 Å². The van der Waals surface area contributed by atoms with Gasteiger partial charge in [0.15, 0.2) is 0 Å². The average Bonchev–Trinajstić information content (AvgIpc) is 3.41. The van der Waals surface area contributed by atoms with Crippen LogP contribution in [0.15, 0.2) is 0 Å². The second-order valence-corrected chi connectivity index (χ2v) is 18.0. The van der Waals surface area contributed by atoms with Crippen LogP contribution in [-0.4, -0.2) is 8.07 Å². The normalized spacial score (nSPS) is 49.5. The van der Waals surface area contributed by atoms with E-state index in [1.54, 1.807) is 77.0 Å². The molecule has 0 spiro atoms. The Bertz CT molecular complexity index is 552. The fraction of sp³-hybridized carbons (Fsp3) is 1.00. The van der Waals surface area contributed by atoms with Crippen molar-refractivity contribution in [1.29, 1.82) is 0 Å². The molecule has 0 bridgehead atoms. The maximum absolute atomic E-state index is 2.90. The van der Waals surface area contributed by atoms with Crippen LogP contribution in [-0.2, 0) is 0 Å². The Morgan fingerprint density at radius 1 is 0.679 bits per heavy atom. The van der Waals surface area contributed by atoms with Crippen LogP contribution in [0, 0.1) is 47.3 Å². The Hall–Kier alpha value is 0.217. The zero-order chi connectivity index (χ0) is 19.5. The minimum Gasteiger partial charge on any atom is -0.0689 e. The van der Waals surface area contributed by atoms with Crippen molar-refractivity contribution in [3.8, 4) is 0 Å². The van der Waals surface area contributed by atoms with Crippen molar-refractivity contribution in [1.82, 2.24) is 0 Å². The van der Waals surface area contributed by atoms with E-state index >= 15 is 0 Å². The van der Waals surface area contributed by atoms with E-state index in [-0.39, 0.29) is 0 Å². The standard InChI is InChI=1S/C27H48Si/c1-5-18(2)24-17-27(23-12-7-6-11-22(23)24)28(3,4)26-14-13-21-15-19-9-8-10-20(19)16-25(21)26/h18-27H,5-17H2,1-4H3. The Morgan fingerprint density at radius 3 is 2.14 bits per heavy atom. The summed E-state index contributed by atoms with van der Waals surface area (Å²) >= 11 is 0. The molecule has 160 valence electrons. The van der Waals surface area contributed by atoms with Crippen LogP contribution in [0.4, 0.5) is 0 Å². The molecule has 5 aliphatic rings. The van der Waals surface area contributed by atoms with Crippen molar-refractivity contribution in [3.63, 3.8) is 0 Å². The van der Waals surface area contributed by atoms with Crippen molar-refractivity contribution in [2.24, 2.45) is 47.3 Å². The highest BCUT2D eigenvalue weighted by atomic mass is 28.3. The summed E-state index contributed by atoms with van der Waals surface area (Å²) in [6, 6.07) is 0. The molecule has 5 rings (SSSR count). The zero-order valence-electron chi connectivity index (χ0n) is 19.5. The van der Waals surface area contributed by atoms with E-state index in [1.165, 1.54) is 17.5 Å². The van der Waals surface area contributed by atoms with Crippen molar-refractivity contribution in [2.45, 2.75) is 121 Å². The van der Waals surface area contributed by atoms with E-state index in [1.807, 2.05) is 0 Å². The molecule has 5 saturated carbocycles. The molecule has 0 aromatic rings. The summed E-state index contributed by atoms with van der Waals surface area (Å²) in [6.45, 7) is 10.9. The van der Waals surface area contributed by atoms with Gasteiger partial charge < -0.3 is 0 Å². The molecular weight excluding hydrogens is 352 g/mol. The third-order valence-corrected chi connectivity index (χ3v) is 16.9. The minimum absolute atomic E-state index is 0.977. The number of hydrogen-bond acceptors (Lipinski definition) is 0. The lowest BCUT2D eigenvalue weighted by Crippen LogP contribution is -2.44. The van der Waals surface area contributed by atoms with Gasteiger partial charge in [-0.3, -0.25) is 0 Å². The second kappa shape index (κ2) is 7.72. The molecule has 0 aromatic carbocycles. The van der Waals surface area contributed by atoms with Crippen LogP contribution >= 0.6 is 0 Å². The SMILES string of the molecule is CCC(C)C1CC([Si](C)(C)C2CCC3CC4CCCC4CC32)C2CCCCC12. The molecule has 10 atom stereocenters. The Morgan fingerprint density at radius 2 is 1.39 bits per heavy atom. The molecule has 0 nitrogen and oxygen atoms in total. The summed E-state index contributed by atoms with van der Waals surface area (Å²) in [4.78, 5) is 0. The van der Waals surface area contributed by atoms with Crippen LogP contribution in [0.3, 0.4) is 0 Å². The number of hydrogen-bond donors (Lipinski definition) is 0. The molecule has 0 saturated heterocycles. The molecule has 0 aliphatic heterocycles. The monoisotopic (exact) mass is 400 g/mol. The first-order valence-corrected chi connectivity index (χ1v) is 16.7. The maximum Gasteiger partial charge on any atom is 0.0541 e. The highest BCUT2D eigenvalue weighted by molar-refractivity contribution is 6.80. The molecule has 0 amide bonds. The first-order chi connectivity index (χ1) is 13.5. The van der Waals surface area contributed by atoms with Crippen molar-refractivity contribution in [3.05, 3.63) is 0 Å². The van der Waals surface area contributed by atoms with Gasteiger partial charge in [-0.1, -0.05) is 84.7 Å². The number of rotatable bonds is 4. The molecular formula is C27H48Si. The first-order valence-electron chi connectivity index (χ1n) is 13.5. The molecule has 5 fully saturated rings. The molecule has 5 aliphatic carbocycles. The third-order valence-electron chi connectivity index (χ3n) is 11.7. The predicted octanol–water partition coefficient (Wildman–Crippen LogP) is 8.54. The fourth-order valence-corrected chi connectivity index (χ4v) is 15.5. The Kier molecular flexibility index (Phi) is 5.55. The third kappa shape index (κ3) is 3.20. The van der Waals surface area contributed by atoms with Crippen LogP contribution in [0.1, 0.15) is 97.3 Å². The lowest BCUT2D eigenvalue weighted by molar-refractivity contribution is 0.154. The predicted molar refractivity (Wildman–Crippen MR) is 124 cm³/mol. The van der Waals surface area contributed by atoms with E-state index < -0.39 is 8.07 Å². The van der Waals surface area contributed by atoms with Crippen molar-refractivity contribution < 1.29 is 0 Å². The van der Waals surface area contributed by atoms with Gasteiger partial charge in [0.1, 0.15) is 0 Å². The van der Waals surface area contributed by atoms with Gasteiger partial charge in [0.05, 0.1) is 8.07 Å². The highest BCUT2D eigenvalue weighted by Gasteiger charge is 2.57. The molecule has 0 aromatic heterocycles. The molecule has 0 N–H and O–H groups in total. The quantitative estimate of drug-likeness (QED) is 0.415. The molecule has 0 heterocycles. The summed E-state index contributed by atoms with van der Waals surface area (Å²) in [5, 5.41) is 0. The Labute approximate surface area is 177 Å². The number of fused-ring (bicyclic) bond motifs is 3. The van der Waals surface area contributed by atoms with Gasteiger partial charge in [0.25, 0.3) is 0 Å². The first kappa shape index (κ1) is 20.1. The van der Waals surface area contributed by atoms with E-state index in [0.29, 0.717) is 0 Å². The lowest BCUT2D eigenvalue weighted by atomic mass is 9.71. The Balaban J connectivity index is 1.37. The summed E-state index contributed by atoms with van der Waals surface area (Å²) in [5.41, 5.74) is 2.35. The van der Waals surface area contributed by atoms with Gasteiger partial charge in [0.2, 0.25) is 0 Å². The van der Waals surface area contributed by atoms with Crippen molar-refractivity contribution in [2.75, 3.05) is 0 Å². The van der Waals surface area contributed by atoms with Gasteiger partial charge in [0, 0.05) is 0 Å². The maximum atomic E-state index is 2.90. The van der Waals surface area contributed by atoms with Crippen LogP contribution in [0.5, 0.6) is 0 Å². The van der Waals surface area contributed by atoms with Crippen LogP contribution < -0.4 is 0 Å². The summed E-state index contributed by atoms with van der Waals surface area (Å²) in [7, 11) is -1.20. The van der Waals surface area contributed by atoms with Crippen LogP contribution in [0.2, 0.25) is 24.2 Å². The second-order valence-electron chi connectivity index (χ2n) is 12.9. The van der Waals surface area contributed by atoms with E-state index in [0.717, 1.165) is 47.3 Å². The average molecular weight is 401 g/mol. The summed E-state index contributed by atoms with van der Waals surface area (Å²) in [6.07, 6.45) is 20.6.